The molecule has 0 amide bonds. The van der Waals surface area contributed by atoms with Gasteiger partial charge in [0.15, 0.2) is 6.04 Å². The molecule has 1 aliphatic rings. The largest absolute Gasteiger partial charge is 0.269 e. The van der Waals surface area contributed by atoms with Gasteiger partial charge in [-0.05, 0) is 38.5 Å². The molecule has 0 radical (unpaired) electrons. The molecule has 94 valence electrons. The summed E-state index contributed by atoms with van der Waals surface area (Å²) in [5.41, 5.74) is 1.96. The Kier molecular flexibility index (Phi) is 3.45. The first kappa shape index (κ1) is 13.1. The quantitative estimate of drug-likeness (QED) is 0.832. The van der Waals surface area contributed by atoms with Crippen molar-refractivity contribution in [2.75, 3.05) is 0 Å². The Morgan fingerprint density at radius 3 is 2.44 bits per heavy atom. The van der Waals surface area contributed by atoms with E-state index in [-0.39, 0.29) is 11.6 Å². The highest BCUT2D eigenvalue weighted by atomic mass is 79.9. The molecule has 2 rings (SSSR count). The van der Waals surface area contributed by atoms with Gasteiger partial charge >= 0.3 is 0 Å². The van der Waals surface area contributed by atoms with Crippen LogP contribution in [0.4, 0.5) is 0 Å². The van der Waals surface area contributed by atoms with Crippen molar-refractivity contribution in [3.05, 3.63) is 34.3 Å². The maximum absolute atomic E-state index is 9.46. The molecule has 3 nitrogen and oxygen atoms in total. The van der Waals surface area contributed by atoms with E-state index in [0.29, 0.717) is 0 Å². The summed E-state index contributed by atoms with van der Waals surface area (Å²) >= 11 is 3.41. The first-order valence-corrected chi connectivity index (χ1v) is 6.72. The number of hydrogen-bond donors (Lipinski definition) is 0. The van der Waals surface area contributed by atoms with Gasteiger partial charge in [-0.1, -0.05) is 28.1 Å². The molecule has 1 aliphatic heterocycles. The Hall–Kier alpha value is -1.34. The van der Waals surface area contributed by atoms with Crippen molar-refractivity contribution in [1.29, 1.82) is 5.26 Å². The van der Waals surface area contributed by atoms with Crippen LogP contribution in [0.25, 0.3) is 0 Å². The maximum atomic E-state index is 9.46. The molecule has 0 fully saturated rings. The molecule has 0 bridgehead atoms. The molecule has 0 aliphatic carbocycles. The van der Waals surface area contributed by atoms with Crippen molar-refractivity contribution in [3.63, 3.8) is 0 Å². The predicted octanol–water partition coefficient (Wildman–Crippen LogP) is 3.87. The molecule has 0 N–H and O–H groups in total. The number of rotatable bonds is 2. The molecule has 1 aromatic carbocycles. The van der Waals surface area contributed by atoms with E-state index >= 15 is 0 Å². The minimum Gasteiger partial charge on any atom is -0.269 e. The third-order valence-corrected chi connectivity index (χ3v) is 3.67. The van der Waals surface area contributed by atoms with Crippen molar-refractivity contribution in [3.8, 4) is 6.07 Å². The third kappa shape index (κ3) is 2.41. The van der Waals surface area contributed by atoms with Crippen molar-refractivity contribution in [2.24, 2.45) is 5.10 Å². The second-order valence-electron chi connectivity index (χ2n) is 5.25. The molecule has 1 heterocycles. The van der Waals surface area contributed by atoms with E-state index in [2.05, 4.69) is 40.9 Å². The van der Waals surface area contributed by atoms with E-state index in [1.54, 1.807) is 0 Å². The summed E-state index contributed by atoms with van der Waals surface area (Å²) in [6, 6.07) is 9.89. The number of benzene rings is 1. The van der Waals surface area contributed by atoms with Gasteiger partial charge in [-0.15, -0.1) is 0 Å². The maximum Gasteiger partial charge on any atom is 0.159 e. The second kappa shape index (κ2) is 4.74. The summed E-state index contributed by atoms with van der Waals surface area (Å²) in [5, 5.41) is 15.9. The summed E-state index contributed by atoms with van der Waals surface area (Å²) in [5.74, 6) is 0. The summed E-state index contributed by atoms with van der Waals surface area (Å²) in [6.07, 6.45) is 0.904. The molecule has 0 saturated heterocycles. The van der Waals surface area contributed by atoms with Crippen molar-refractivity contribution < 1.29 is 0 Å². The van der Waals surface area contributed by atoms with Gasteiger partial charge < -0.3 is 0 Å². The van der Waals surface area contributed by atoms with Crippen LogP contribution in [0.5, 0.6) is 0 Å². The lowest BCUT2D eigenvalue weighted by molar-refractivity contribution is 0.123. The van der Waals surface area contributed by atoms with Crippen molar-refractivity contribution in [2.45, 2.75) is 38.8 Å². The minimum absolute atomic E-state index is 0.0996. The lowest BCUT2D eigenvalue weighted by atomic mass is 9.96. The molecule has 18 heavy (non-hydrogen) atoms. The van der Waals surface area contributed by atoms with Gasteiger partial charge in [0, 0.05) is 16.6 Å². The van der Waals surface area contributed by atoms with Crippen LogP contribution in [0.15, 0.2) is 33.8 Å². The Morgan fingerprint density at radius 1 is 1.39 bits per heavy atom. The molecule has 0 spiro atoms. The van der Waals surface area contributed by atoms with E-state index in [1.807, 2.05) is 36.2 Å². The van der Waals surface area contributed by atoms with Crippen LogP contribution in [-0.2, 0) is 0 Å². The number of nitrogens with zero attached hydrogens (tertiary/aromatic N) is 3. The van der Waals surface area contributed by atoms with Crippen molar-refractivity contribution >= 4 is 21.6 Å². The van der Waals surface area contributed by atoms with Crippen molar-refractivity contribution in [1.82, 2.24) is 5.01 Å². The zero-order chi connectivity index (χ0) is 13.3. The molecular formula is C14H16BrN3. The fraction of sp³-hybridized carbons (Fsp3) is 0.429. The summed E-state index contributed by atoms with van der Waals surface area (Å²) < 4.78 is 1.02. The Balaban J connectivity index is 2.35. The van der Waals surface area contributed by atoms with Crippen LogP contribution in [0.3, 0.4) is 0 Å². The normalized spacial score (nSPS) is 19.3. The van der Waals surface area contributed by atoms with Crippen LogP contribution >= 0.6 is 15.9 Å². The highest BCUT2D eigenvalue weighted by molar-refractivity contribution is 9.10. The molecule has 4 heteroatoms. The number of hydrazone groups is 1. The first-order chi connectivity index (χ1) is 8.44. The van der Waals surface area contributed by atoms with Gasteiger partial charge in [-0.3, -0.25) is 5.01 Å². The highest BCUT2D eigenvalue weighted by Crippen LogP contribution is 2.35. The van der Waals surface area contributed by atoms with E-state index in [0.717, 1.165) is 22.2 Å². The van der Waals surface area contributed by atoms with E-state index < -0.39 is 0 Å². The third-order valence-electron chi connectivity index (χ3n) is 3.14. The zero-order valence-electron chi connectivity index (χ0n) is 10.8. The average Bonchev–Trinajstić information content (AvgIpc) is 2.56. The molecule has 0 saturated carbocycles. The average molecular weight is 306 g/mol. The predicted molar refractivity (Wildman–Crippen MR) is 76.1 cm³/mol. The molecule has 0 unspecified atom stereocenters. The van der Waals surface area contributed by atoms with Gasteiger partial charge in [0.2, 0.25) is 0 Å². The van der Waals surface area contributed by atoms with Gasteiger partial charge in [0.05, 0.1) is 11.6 Å². The van der Waals surface area contributed by atoms with E-state index in [1.165, 1.54) is 0 Å². The van der Waals surface area contributed by atoms with Crippen LogP contribution < -0.4 is 0 Å². The summed E-state index contributed by atoms with van der Waals surface area (Å²) in [6.45, 7) is 6.25. The van der Waals surface area contributed by atoms with Gasteiger partial charge in [0.25, 0.3) is 0 Å². The number of halogens is 1. The number of hydrogen-bond acceptors (Lipinski definition) is 3. The molecule has 1 aromatic rings. The monoisotopic (exact) mass is 305 g/mol. The fourth-order valence-electron chi connectivity index (χ4n) is 2.38. The van der Waals surface area contributed by atoms with Crippen LogP contribution in [-0.4, -0.2) is 16.3 Å². The SMILES string of the molecule is CC1=NN([C@@H](C#N)c2ccc(Br)cc2)C(C)(C)C1. The standard InChI is InChI=1S/C14H16BrN3/c1-10-8-14(2,3)18(17-10)13(9-16)11-4-6-12(15)7-5-11/h4-7,13H,8H2,1-3H3/t13-/m0/s1. The van der Waals surface area contributed by atoms with Gasteiger partial charge in [-0.25, -0.2) is 0 Å². The lowest BCUT2D eigenvalue weighted by Gasteiger charge is -2.34. The highest BCUT2D eigenvalue weighted by Gasteiger charge is 2.37. The van der Waals surface area contributed by atoms with Crippen LogP contribution in [0, 0.1) is 11.3 Å². The van der Waals surface area contributed by atoms with E-state index in [9.17, 15) is 5.26 Å². The van der Waals surface area contributed by atoms with Gasteiger partial charge in [0.1, 0.15) is 0 Å². The summed E-state index contributed by atoms with van der Waals surface area (Å²) in [4.78, 5) is 0. The van der Waals surface area contributed by atoms with E-state index in [4.69, 9.17) is 0 Å². The summed E-state index contributed by atoms with van der Waals surface area (Å²) in [7, 11) is 0. The topological polar surface area (TPSA) is 39.4 Å². The molecule has 0 aromatic heterocycles. The smallest absolute Gasteiger partial charge is 0.159 e. The Bertz CT molecular complexity index is 511. The fourth-order valence-corrected chi connectivity index (χ4v) is 2.65. The first-order valence-electron chi connectivity index (χ1n) is 5.92. The molecular weight excluding hydrogens is 290 g/mol. The zero-order valence-corrected chi connectivity index (χ0v) is 12.4. The second-order valence-corrected chi connectivity index (χ2v) is 6.17. The minimum atomic E-state index is -0.328. The lowest BCUT2D eigenvalue weighted by Crippen LogP contribution is -2.38. The Morgan fingerprint density at radius 2 is 2.00 bits per heavy atom. The number of nitriles is 1. The van der Waals surface area contributed by atoms with Crippen LogP contribution in [0.1, 0.15) is 38.8 Å². The molecule has 1 atom stereocenters. The van der Waals surface area contributed by atoms with Gasteiger partial charge in [-0.2, -0.15) is 10.4 Å². The van der Waals surface area contributed by atoms with Crippen LogP contribution in [0.2, 0.25) is 0 Å². The Labute approximate surface area is 116 Å².